The van der Waals surface area contributed by atoms with E-state index < -0.39 is 0 Å². The second-order valence-corrected chi connectivity index (χ2v) is 5.05. The van der Waals surface area contributed by atoms with E-state index in [1.807, 2.05) is 0 Å². The highest BCUT2D eigenvalue weighted by Gasteiger charge is 1.93. The van der Waals surface area contributed by atoms with Crippen molar-refractivity contribution in [1.82, 2.24) is 0 Å². The molecule has 0 aliphatic heterocycles. The Kier molecular flexibility index (Phi) is 15.0. The van der Waals surface area contributed by atoms with Gasteiger partial charge in [0.05, 0.1) is 0 Å². The minimum atomic E-state index is 1.36. The van der Waals surface area contributed by atoms with E-state index in [4.69, 9.17) is 0 Å². The monoisotopic (exact) mass is 225 g/mol. The summed E-state index contributed by atoms with van der Waals surface area (Å²) >= 11 is 0. The van der Waals surface area contributed by atoms with Crippen molar-refractivity contribution in [3.8, 4) is 0 Å². The van der Waals surface area contributed by atoms with Gasteiger partial charge in [0.2, 0.25) is 0 Å². The van der Waals surface area contributed by atoms with Crippen LogP contribution in [0.5, 0.6) is 0 Å². The smallest absolute Gasteiger partial charge is 0.0386 e. The SMILES string of the molecule is CCCCCC[CH]CCCCCCCCC. The first-order valence-electron chi connectivity index (χ1n) is 7.73. The molecule has 0 aromatic carbocycles. The van der Waals surface area contributed by atoms with E-state index in [0.717, 1.165) is 0 Å². The van der Waals surface area contributed by atoms with Gasteiger partial charge in [0.1, 0.15) is 0 Å². The van der Waals surface area contributed by atoms with Gasteiger partial charge in [-0.3, -0.25) is 0 Å². The topological polar surface area (TPSA) is 0 Å². The minimum Gasteiger partial charge on any atom is -0.0654 e. The van der Waals surface area contributed by atoms with Gasteiger partial charge in [-0.2, -0.15) is 0 Å². The van der Waals surface area contributed by atoms with E-state index in [1.165, 1.54) is 83.5 Å². The number of hydrogen-bond acceptors (Lipinski definition) is 0. The van der Waals surface area contributed by atoms with E-state index in [2.05, 4.69) is 20.3 Å². The zero-order valence-corrected chi connectivity index (χ0v) is 11.8. The van der Waals surface area contributed by atoms with E-state index in [-0.39, 0.29) is 0 Å². The summed E-state index contributed by atoms with van der Waals surface area (Å²) in [6, 6.07) is 0. The summed E-state index contributed by atoms with van der Waals surface area (Å²) in [7, 11) is 0. The molecular formula is C16H33. The van der Waals surface area contributed by atoms with Crippen LogP contribution in [-0.2, 0) is 0 Å². The molecule has 0 saturated carbocycles. The van der Waals surface area contributed by atoms with Crippen LogP contribution in [0.4, 0.5) is 0 Å². The first kappa shape index (κ1) is 16.0. The van der Waals surface area contributed by atoms with Gasteiger partial charge in [0, 0.05) is 0 Å². The van der Waals surface area contributed by atoms with Crippen LogP contribution in [0.1, 0.15) is 97.3 Å². The molecule has 0 heterocycles. The molecule has 0 spiro atoms. The van der Waals surface area contributed by atoms with Crippen LogP contribution in [0.2, 0.25) is 0 Å². The second-order valence-electron chi connectivity index (χ2n) is 5.05. The Bertz CT molecular complexity index is 92.6. The summed E-state index contributed by atoms with van der Waals surface area (Å²) in [6.07, 6.45) is 20.9. The summed E-state index contributed by atoms with van der Waals surface area (Å²) < 4.78 is 0. The van der Waals surface area contributed by atoms with Crippen LogP contribution in [0, 0.1) is 6.42 Å². The predicted octanol–water partition coefficient (Wildman–Crippen LogP) is 6.30. The second kappa shape index (κ2) is 15.0. The quantitative estimate of drug-likeness (QED) is 0.323. The molecule has 97 valence electrons. The van der Waals surface area contributed by atoms with Gasteiger partial charge in [-0.1, -0.05) is 97.3 Å². The number of rotatable bonds is 13. The van der Waals surface area contributed by atoms with Crippen LogP contribution in [0.15, 0.2) is 0 Å². The minimum absolute atomic E-state index is 1.36. The highest BCUT2D eigenvalue weighted by atomic mass is 14.0. The first-order chi connectivity index (χ1) is 7.91. The molecule has 0 aliphatic rings. The molecule has 0 bridgehead atoms. The Labute approximate surface area is 104 Å². The summed E-state index contributed by atoms with van der Waals surface area (Å²) in [5.74, 6) is 0. The van der Waals surface area contributed by atoms with E-state index >= 15 is 0 Å². The molecule has 0 amide bonds. The van der Waals surface area contributed by atoms with Crippen LogP contribution in [0.25, 0.3) is 0 Å². The van der Waals surface area contributed by atoms with E-state index in [0.29, 0.717) is 0 Å². The van der Waals surface area contributed by atoms with Gasteiger partial charge in [0.15, 0.2) is 0 Å². The zero-order valence-electron chi connectivity index (χ0n) is 11.8. The molecule has 0 nitrogen and oxygen atoms in total. The Morgan fingerprint density at radius 2 is 0.875 bits per heavy atom. The van der Waals surface area contributed by atoms with E-state index in [1.54, 1.807) is 0 Å². The van der Waals surface area contributed by atoms with Crippen molar-refractivity contribution in [2.45, 2.75) is 97.3 Å². The summed E-state index contributed by atoms with van der Waals surface area (Å²) in [5, 5.41) is 0. The highest BCUT2D eigenvalue weighted by Crippen LogP contribution is 2.11. The van der Waals surface area contributed by atoms with Crippen molar-refractivity contribution in [3.05, 3.63) is 6.42 Å². The summed E-state index contributed by atoms with van der Waals surface area (Å²) in [4.78, 5) is 0. The fourth-order valence-corrected chi connectivity index (χ4v) is 2.11. The summed E-state index contributed by atoms with van der Waals surface area (Å²) in [5.41, 5.74) is 0. The molecule has 0 rings (SSSR count). The lowest BCUT2D eigenvalue weighted by molar-refractivity contribution is 0.579. The Morgan fingerprint density at radius 1 is 0.500 bits per heavy atom. The largest absolute Gasteiger partial charge is 0.0654 e. The highest BCUT2D eigenvalue weighted by molar-refractivity contribution is 4.64. The lowest BCUT2D eigenvalue weighted by Gasteiger charge is -2.02. The zero-order chi connectivity index (χ0) is 11.9. The fourth-order valence-electron chi connectivity index (χ4n) is 2.11. The molecule has 0 atom stereocenters. The average Bonchev–Trinajstić information content (AvgIpc) is 2.31. The maximum absolute atomic E-state index is 2.52. The van der Waals surface area contributed by atoms with Crippen molar-refractivity contribution >= 4 is 0 Å². The molecular weight excluding hydrogens is 192 g/mol. The van der Waals surface area contributed by atoms with Gasteiger partial charge in [0.25, 0.3) is 0 Å². The maximum Gasteiger partial charge on any atom is -0.0386 e. The van der Waals surface area contributed by atoms with Crippen molar-refractivity contribution in [2.24, 2.45) is 0 Å². The Balaban J connectivity index is 2.83. The molecule has 0 aromatic rings. The molecule has 0 N–H and O–H groups in total. The maximum atomic E-state index is 2.52. The fraction of sp³-hybridized carbons (Fsp3) is 0.938. The van der Waals surface area contributed by atoms with Crippen LogP contribution < -0.4 is 0 Å². The van der Waals surface area contributed by atoms with E-state index in [9.17, 15) is 0 Å². The number of hydrogen-bond donors (Lipinski definition) is 0. The van der Waals surface area contributed by atoms with Crippen molar-refractivity contribution in [1.29, 1.82) is 0 Å². The van der Waals surface area contributed by atoms with Crippen LogP contribution in [0.3, 0.4) is 0 Å². The van der Waals surface area contributed by atoms with Gasteiger partial charge < -0.3 is 0 Å². The van der Waals surface area contributed by atoms with Crippen molar-refractivity contribution in [3.63, 3.8) is 0 Å². The predicted molar refractivity (Wildman–Crippen MR) is 75.7 cm³/mol. The molecule has 1 radical (unpaired) electrons. The molecule has 0 aliphatic carbocycles. The Hall–Kier alpha value is 0. The average molecular weight is 225 g/mol. The van der Waals surface area contributed by atoms with Gasteiger partial charge in [-0.25, -0.2) is 0 Å². The normalized spacial score (nSPS) is 10.9. The third-order valence-corrected chi connectivity index (χ3v) is 3.27. The Morgan fingerprint density at radius 3 is 1.38 bits per heavy atom. The van der Waals surface area contributed by atoms with Crippen molar-refractivity contribution < 1.29 is 0 Å². The third-order valence-electron chi connectivity index (χ3n) is 3.27. The summed E-state index contributed by atoms with van der Waals surface area (Å²) in [6.45, 7) is 4.57. The molecule has 0 unspecified atom stereocenters. The lowest BCUT2D eigenvalue weighted by Crippen LogP contribution is -1.83. The molecule has 0 heteroatoms. The number of unbranched alkanes of at least 4 members (excludes halogenated alkanes) is 13. The molecule has 0 aromatic heterocycles. The lowest BCUT2D eigenvalue weighted by atomic mass is 10.0. The molecule has 16 heavy (non-hydrogen) atoms. The van der Waals surface area contributed by atoms with Crippen LogP contribution >= 0.6 is 0 Å². The third kappa shape index (κ3) is 14.0. The van der Waals surface area contributed by atoms with Crippen LogP contribution in [-0.4, -0.2) is 0 Å². The molecule has 0 fully saturated rings. The standard InChI is InChI=1S/C16H33/c1-3-5-7-9-11-13-15-16-14-12-10-8-6-4-2/h13H,3-12,14-16H2,1-2H3. The molecule has 0 saturated heterocycles. The van der Waals surface area contributed by atoms with Crippen molar-refractivity contribution in [2.75, 3.05) is 0 Å². The van der Waals surface area contributed by atoms with Gasteiger partial charge >= 0.3 is 0 Å². The van der Waals surface area contributed by atoms with Gasteiger partial charge in [-0.15, -0.1) is 0 Å². The first-order valence-corrected chi connectivity index (χ1v) is 7.73. The van der Waals surface area contributed by atoms with Gasteiger partial charge in [-0.05, 0) is 6.42 Å².